The number of hydrogen-bond donors (Lipinski definition) is 2. The van der Waals surface area contributed by atoms with Gasteiger partial charge >= 0.3 is 0 Å². The van der Waals surface area contributed by atoms with Crippen LogP contribution in [0.2, 0.25) is 0 Å². The molecule has 1 fully saturated rings. The zero-order chi connectivity index (χ0) is 27.6. The normalized spacial score (nSPS) is 18.2. The SMILES string of the molecule is O=C(C[C@@H]1CCC(=O)Nc2ccc(CCN3CCN(C/C=C/c4ccccc4)CC3)cc21)NCc1ccccc1. The highest BCUT2D eigenvalue weighted by Crippen LogP contribution is 2.35. The van der Waals surface area contributed by atoms with E-state index >= 15 is 0 Å². The van der Waals surface area contributed by atoms with Crippen molar-refractivity contribution in [2.75, 3.05) is 44.6 Å². The van der Waals surface area contributed by atoms with E-state index in [1.165, 1.54) is 11.1 Å². The molecule has 0 aliphatic carbocycles. The first-order valence-electron chi connectivity index (χ1n) is 14.5. The fraction of sp³-hybridized carbons (Fsp3) is 0.353. The summed E-state index contributed by atoms with van der Waals surface area (Å²) in [5, 5.41) is 6.11. The highest BCUT2D eigenvalue weighted by Gasteiger charge is 2.25. The fourth-order valence-electron chi connectivity index (χ4n) is 5.58. The lowest BCUT2D eigenvalue weighted by molar-refractivity contribution is -0.122. The minimum absolute atomic E-state index is 0.0241. The van der Waals surface area contributed by atoms with E-state index in [2.05, 4.69) is 69.0 Å². The van der Waals surface area contributed by atoms with Crippen LogP contribution in [0.5, 0.6) is 0 Å². The molecule has 2 amide bonds. The van der Waals surface area contributed by atoms with E-state index in [-0.39, 0.29) is 17.7 Å². The van der Waals surface area contributed by atoms with E-state index < -0.39 is 0 Å². The van der Waals surface area contributed by atoms with E-state index in [4.69, 9.17) is 0 Å². The smallest absolute Gasteiger partial charge is 0.224 e. The summed E-state index contributed by atoms with van der Waals surface area (Å²) in [7, 11) is 0. The van der Waals surface area contributed by atoms with Crippen LogP contribution in [-0.4, -0.2) is 60.9 Å². The maximum atomic E-state index is 12.8. The second-order valence-electron chi connectivity index (χ2n) is 10.9. The molecule has 0 radical (unpaired) electrons. The summed E-state index contributed by atoms with van der Waals surface area (Å²) < 4.78 is 0. The Kier molecular flexibility index (Phi) is 9.77. The summed E-state index contributed by atoms with van der Waals surface area (Å²) in [4.78, 5) is 30.2. The topological polar surface area (TPSA) is 64.7 Å². The van der Waals surface area contributed by atoms with Crippen molar-refractivity contribution < 1.29 is 9.59 Å². The molecule has 0 bridgehead atoms. The number of nitrogens with zero attached hydrogens (tertiary/aromatic N) is 2. The molecule has 6 nitrogen and oxygen atoms in total. The van der Waals surface area contributed by atoms with Gasteiger partial charge in [-0.2, -0.15) is 0 Å². The van der Waals surface area contributed by atoms with Gasteiger partial charge in [-0.25, -0.2) is 0 Å². The maximum absolute atomic E-state index is 12.8. The Morgan fingerprint density at radius 1 is 0.900 bits per heavy atom. The van der Waals surface area contributed by atoms with Gasteiger partial charge in [0, 0.05) is 64.3 Å². The molecule has 0 saturated carbocycles. The molecule has 208 valence electrons. The van der Waals surface area contributed by atoms with Crippen LogP contribution in [0, 0.1) is 0 Å². The van der Waals surface area contributed by atoms with Gasteiger partial charge in [-0.05, 0) is 47.1 Å². The number of carbonyl (C=O) groups is 2. The largest absolute Gasteiger partial charge is 0.352 e. The molecular weight excluding hydrogens is 496 g/mol. The Hall–Kier alpha value is -3.74. The number of nitrogens with one attached hydrogen (secondary N) is 2. The Labute approximate surface area is 238 Å². The molecule has 0 aromatic heterocycles. The van der Waals surface area contributed by atoms with Gasteiger partial charge in [0.25, 0.3) is 0 Å². The van der Waals surface area contributed by atoms with E-state index in [9.17, 15) is 9.59 Å². The van der Waals surface area contributed by atoms with Crippen LogP contribution in [-0.2, 0) is 22.6 Å². The second kappa shape index (κ2) is 14.1. The molecule has 6 heteroatoms. The van der Waals surface area contributed by atoms with Gasteiger partial charge in [-0.1, -0.05) is 84.9 Å². The van der Waals surface area contributed by atoms with Gasteiger partial charge in [-0.15, -0.1) is 0 Å². The molecule has 2 aliphatic rings. The van der Waals surface area contributed by atoms with Crippen LogP contribution in [0.15, 0.2) is 84.9 Å². The molecule has 2 N–H and O–H groups in total. The molecule has 40 heavy (non-hydrogen) atoms. The Morgan fingerprint density at radius 3 is 2.40 bits per heavy atom. The summed E-state index contributed by atoms with van der Waals surface area (Å²) in [6, 6.07) is 26.8. The minimum Gasteiger partial charge on any atom is -0.352 e. The Morgan fingerprint density at radius 2 is 1.62 bits per heavy atom. The van der Waals surface area contributed by atoms with Crippen LogP contribution in [0.3, 0.4) is 0 Å². The lowest BCUT2D eigenvalue weighted by Crippen LogP contribution is -2.46. The Bertz CT molecular complexity index is 1280. The van der Waals surface area contributed by atoms with E-state index in [0.29, 0.717) is 25.8 Å². The highest BCUT2D eigenvalue weighted by atomic mass is 16.2. The van der Waals surface area contributed by atoms with Gasteiger partial charge < -0.3 is 15.5 Å². The average Bonchev–Trinajstić information content (AvgIpc) is 3.14. The van der Waals surface area contributed by atoms with Crippen molar-refractivity contribution >= 4 is 23.6 Å². The Balaban J connectivity index is 1.12. The third kappa shape index (κ3) is 8.13. The highest BCUT2D eigenvalue weighted by molar-refractivity contribution is 5.93. The summed E-state index contributed by atoms with van der Waals surface area (Å²) in [5.74, 6) is 0.0749. The first kappa shape index (κ1) is 27.8. The summed E-state index contributed by atoms with van der Waals surface area (Å²) in [6.45, 7) is 6.83. The quantitative estimate of drug-likeness (QED) is 0.379. The number of piperazine rings is 1. The van der Waals surface area contributed by atoms with Crippen molar-refractivity contribution in [2.45, 2.75) is 38.1 Å². The average molecular weight is 537 g/mol. The number of rotatable bonds is 10. The first-order chi connectivity index (χ1) is 19.6. The number of carbonyl (C=O) groups excluding carboxylic acids is 2. The van der Waals surface area contributed by atoms with Crippen LogP contribution >= 0.6 is 0 Å². The van der Waals surface area contributed by atoms with Gasteiger partial charge in [0.15, 0.2) is 0 Å². The van der Waals surface area contributed by atoms with Crippen molar-refractivity contribution in [1.82, 2.24) is 15.1 Å². The summed E-state index contributed by atoms with van der Waals surface area (Å²) >= 11 is 0. The monoisotopic (exact) mass is 536 g/mol. The molecule has 0 unspecified atom stereocenters. The number of anilines is 1. The molecule has 2 heterocycles. The predicted molar refractivity (Wildman–Crippen MR) is 162 cm³/mol. The molecule has 3 aromatic carbocycles. The molecule has 1 saturated heterocycles. The maximum Gasteiger partial charge on any atom is 0.224 e. The fourth-order valence-corrected chi connectivity index (χ4v) is 5.58. The second-order valence-corrected chi connectivity index (χ2v) is 10.9. The summed E-state index contributed by atoms with van der Waals surface area (Å²) in [6.07, 6.45) is 6.93. The number of benzene rings is 3. The van der Waals surface area contributed by atoms with E-state index in [0.717, 1.165) is 62.5 Å². The lowest BCUT2D eigenvalue weighted by Gasteiger charge is -2.34. The van der Waals surface area contributed by atoms with E-state index in [1.54, 1.807) is 0 Å². The first-order valence-corrected chi connectivity index (χ1v) is 14.5. The lowest BCUT2D eigenvalue weighted by atomic mass is 9.89. The van der Waals surface area contributed by atoms with Gasteiger partial charge in [0.2, 0.25) is 11.8 Å². The van der Waals surface area contributed by atoms with E-state index in [1.807, 2.05) is 42.5 Å². The molecule has 1 atom stereocenters. The van der Waals surface area contributed by atoms with Crippen LogP contribution < -0.4 is 10.6 Å². The molecule has 2 aliphatic heterocycles. The number of amides is 2. The van der Waals surface area contributed by atoms with Gasteiger partial charge in [-0.3, -0.25) is 14.5 Å². The zero-order valence-electron chi connectivity index (χ0n) is 23.2. The third-order valence-corrected chi connectivity index (χ3v) is 7.97. The van der Waals surface area contributed by atoms with Crippen molar-refractivity contribution in [1.29, 1.82) is 0 Å². The number of fused-ring (bicyclic) bond motifs is 1. The van der Waals surface area contributed by atoms with Crippen molar-refractivity contribution in [3.8, 4) is 0 Å². The van der Waals surface area contributed by atoms with Gasteiger partial charge in [0.1, 0.15) is 0 Å². The van der Waals surface area contributed by atoms with Crippen LogP contribution in [0.1, 0.15) is 47.4 Å². The van der Waals surface area contributed by atoms with Crippen LogP contribution in [0.25, 0.3) is 6.08 Å². The molecule has 0 spiro atoms. The molecule has 5 rings (SSSR count). The van der Waals surface area contributed by atoms with Crippen molar-refractivity contribution in [2.24, 2.45) is 0 Å². The van der Waals surface area contributed by atoms with Gasteiger partial charge in [0.05, 0.1) is 0 Å². The zero-order valence-corrected chi connectivity index (χ0v) is 23.2. The standard InChI is InChI=1S/C34H40N4O2/c39-33-16-14-30(25-34(40)35-26-29-10-5-2-6-11-29)31-24-28(13-15-32(31)36-33)17-19-38-22-20-37(21-23-38)18-7-12-27-8-3-1-4-9-27/h1-13,15,24,30H,14,16-23,25-26H2,(H,35,40)(H,36,39)/b12-7+/t30-/m0/s1. The molecular formula is C34H40N4O2. The third-order valence-electron chi connectivity index (χ3n) is 7.97. The molecule has 3 aromatic rings. The minimum atomic E-state index is 0.0241. The number of hydrogen-bond acceptors (Lipinski definition) is 4. The summed E-state index contributed by atoms with van der Waals surface area (Å²) in [5.41, 5.74) is 5.53. The van der Waals surface area contributed by atoms with Crippen molar-refractivity contribution in [3.05, 3.63) is 107 Å². The van der Waals surface area contributed by atoms with Crippen LogP contribution in [0.4, 0.5) is 5.69 Å². The van der Waals surface area contributed by atoms with Crippen molar-refractivity contribution in [3.63, 3.8) is 0 Å². The predicted octanol–water partition coefficient (Wildman–Crippen LogP) is 5.08.